The van der Waals surface area contributed by atoms with Gasteiger partial charge in [0, 0.05) is 0 Å². The Morgan fingerprint density at radius 1 is 1.06 bits per heavy atom. The fourth-order valence-corrected chi connectivity index (χ4v) is 5.50. The number of nitrogens with two attached hydrogens (primary N) is 1. The first-order chi connectivity index (χ1) is 14.2. The van der Waals surface area contributed by atoms with E-state index in [1.165, 1.54) is 10.9 Å². The second-order valence-electron chi connectivity index (χ2n) is 5.95. The summed E-state index contributed by atoms with van der Waals surface area (Å²) in [5, 5.41) is 20.3. The van der Waals surface area contributed by atoms with Gasteiger partial charge in [-0.1, -0.05) is 0 Å². The summed E-state index contributed by atoms with van der Waals surface area (Å²) < 4.78 is 50.6. The van der Waals surface area contributed by atoms with E-state index in [9.17, 15) is 38.6 Å². The molecule has 0 radical (unpaired) electrons. The van der Waals surface area contributed by atoms with Crippen molar-refractivity contribution >= 4 is 63.5 Å². The van der Waals surface area contributed by atoms with Crippen LogP contribution < -0.4 is 91.9 Å². The number of fused-ring (bicyclic) bond motifs is 1. The second kappa shape index (κ2) is 14.9. The number of nitrogens with zero attached hydrogens (tertiary/aromatic N) is 4. The van der Waals surface area contributed by atoms with Gasteiger partial charge in [0.15, 0.2) is 17.7 Å². The maximum absolute atomic E-state index is 11.6. The predicted octanol–water partition coefficient (Wildman–Crippen LogP) is -12.9. The Balaban J connectivity index is 0. The number of imidazole rings is 1. The summed E-state index contributed by atoms with van der Waals surface area (Å²) in [4.78, 5) is 53.1. The number of anilines is 1. The molecule has 1 aliphatic heterocycles. The van der Waals surface area contributed by atoms with E-state index in [1.807, 2.05) is 0 Å². The van der Waals surface area contributed by atoms with E-state index in [0.29, 0.717) is 0 Å². The number of aliphatic hydroxyl groups excluding tert-OH is 2. The number of aromatic nitrogens is 4. The Bertz CT molecular complexity index is 1130. The Morgan fingerprint density at radius 3 is 2.23 bits per heavy atom. The van der Waals surface area contributed by atoms with E-state index < -0.39 is 54.6 Å². The number of halogens is 1. The zero-order valence-corrected chi connectivity index (χ0v) is 26.7. The summed E-state index contributed by atoms with van der Waals surface area (Å²) in [6.45, 7) is -1.06. The summed E-state index contributed by atoms with van der Waals surface area (Å²) in [5.41, 5.74) is 5.94. The number of phosphoric acid groups is 3. The van der Waals surface area contributed by atoms with Gasteiger partial charge in [-0.05, 0) is 0 Å². The number of aliphatic hydroxyl groups is 2. The molecule has 25 heteroatoms. The molecule has 3 unspecified atom stereocenters. The molecular formula is C10H13ClMgN5Na2O13P3. The molecule has 0 aromatic carbocycles. The summed E-state index contributed by atoms with van der Waals surface area (Å²) in [6.07, 6.45) is -3.94. The summed E-state index contributed by atoms with van der Waals surface area (Å²) in [6, 6.07) is 0. The van der Waals surface area contributed by atoms with Crippen LogP contribution in [0.15, 0.2) is 12.7 Å². The van der Waals surface area contributed by atoms with Gasteiger partial charge in [0.1, 0.15) is 30.2 Å². The minimum Gasteiger partial charge on any atom is -1.00 e. The van der Waals surface area contributed by atoms with Crippen molar-refractivity contribution in [3.63, 3.8) is 0 Å². The van der Waals surface area contributed by atoms with Gasteiger partial charge in [-0.3, -0.25) is 18.3 Å². The SMILES string of the molecule is Nc1ncnc2c1ncn2[C@@H]1O[C@H](COP(=O)([O-])OP(=O)([O-])OP(=O)([O-])O)[C@@H](O)[C@H]1O.[Cl-].[Mg+2].[Na+].[Na+]. The number of rotatable bonds is 8. The molecule has 2 aromatic rings. The minimum absolute atomic E-state index is 0. The maximum atomic E-state index is 11.6. The molecular weight excluding hydrogens is 597 g/mol. The van der Waals surface area contributed by atoms with Crippen LogP contribution in [0.25, 0.3) is 11.2 Å². The summed E-state index contributed by atoms with van der Waals surface area (Å²) in [7, 11) is -17.7. The first kappa shape index (κ1) is 38.8. The van der Waals surface area contributed by atoms with Crippen molar-refractivity contribution in [2.24, 2.45) is 0 Å². The Kier molecular flexibility index (Phi) is 16.5. The van der Waals surface area contributed by atoms with Crippen LogP contribution in [0.4, 0.5) is 5.82 Å². The average Bonchev–Trinajstić information content (AvgIpc) is 3.13. The molecule has 5 N–H and O–H groups in total. The monoisotopic (exact) mass is 609 g/mol. The molecule has 0 spiro atoms. The second-order valence-corrected chi connectivity index (χ2v) is 10.2. The van der Waals surface area contributed by atoms with Gasteiger partial charge >= 0.3 is 82.2 Å². The number of hydrogen-bond acceptors (Lipinski definition) is 16. The van der Waals surface area contributed by atoms with Crippen LogP contribution in [-0.4, -0.2) is 82.6 Å². The number of phosphoric ester groups is 1. The van der Waals surface area contributed by atoms with Gasteiger partial charge in [-0.25, -0.2) is 23.6 Å². The molecule has 7 atom stereocenters. The van der Waals surface area contributed by atoms with Crippen molar-refractivity contribution in [3.05, 3.63) is 12.7 Å². The van der Waals surface area contributed by atoms with Crippen molar-refractivity contribution in [1.82, 2.24) is 19.5 Å². The molecule has 3 rings (SSSR count). The Morgan fingerprint density at radius 2 is 1.66 bits per heavy atom. The van der Waals surface area contributed by atoms with Gasteiger partial charge in [0.05, 0.1) is 12.9 Å². The molecule has 3 heterocycles. The van der Waals surface area contributed by atoms with Crippen LogP contribution in [0.2, 0.25) is 0 Å². The normalized spacial score (nSPS) is 26.6. The van der Waals surface area contributed by atoms with E-state index in [4.69, 9.17) is 15.4 Å². The third-order valence-electron chi connectivity index (χ3n) is 3.80. The molecule has 182 valence electrons. The largest absolute Gasteiger partial charge is 2.00 e. The summed E-state index contributed by atoms with van der Waals surface area (Å²) in [5.74, 6) is 0.0240. The molecule has 2 aromatic heterocycles. The van der Waals surface area contributed by atoms with Gasteiger partial charge in [-0.2, -0.15) is 0 Å². The molecule has 1 fully saturated rings. The number of ether oxygens (including phenoxy) is 1. The molecule has 0 bridgehead atoms. The third kappa shape index (κ3) is 10.3. The molecule has 18 nitrogen and oxygen atoms in total. The fraction of sp³-hybridized carbons (Fsp3) is 0.500. The predicted molar refractivity (Wildman–Crippen MR) is 94.6 cm³/mol. The van der Waals surface area contributed by atoms with Gasteiger partial charge in [0.2, 0.25) is 0 Å². The van der Waals surface area contributed by atoms with E-state index in [-0.39, 0.29) is 112 Å². The first-order valence-electron chi connectivity index (χ1n) is 7.87. The van der Waals surface area contributed by atoms with Crippen LogP contribution in [0.5, 0.6) is 0 Å². The van der Waals surface area contributed by atoms with E-state index in [1.54, 1.807) is 0 Å². The van der Waals surface area contributed by atoms with Crippen LogP contribution >= 0.6 is 23.5 Å². The van der Waals surface area contributed by atoms with Crippen molar-refractivity contribution < 1.29 is 133 Å². The van der Waals surface area contributed by atoms with Crippen LogP contribution in [0, 0.1) is 0 Å². The molecule has 0 aliphatic carbocycles. The molecule has 0 saturated carbocycles. The first-order valence-corrected chi connectivity index (χ1v) is 12.3. The van der Waals surface area contributed by atoms with Gasteiger partial charge < -0.3 is 57.2 Å². The van der Waals surface area contributed by atoms with E-state index >= 15 is 0 Å². The third-order valence-corrected chi connectivity index (χ3v) is 7.49. The Hall–Kier alpha value is 1.70. The fourth-order valence-electron chi connectivity index (χ4n) is 2.61. The van der Waals surface area contributed by atoms with Crippen molar-refractivity contribution in [2.45, 2.75) is 24.5 Å². The zero-order valence-electron chi connectivity index (χ0n) is 17.9. The molecule has 1 saturated heterocycles. The van der Waals surface area contributed by atoms with Crippen LogP contribution in [-0.2, 0) is 31.6 Å². The quantitative estimate of drug-likeness (QED) is 0.159. The van der Waals surface area contributed by atoms with Crippen molar-refractivity contribution in [1.29, 1.82) is 0 Å². The minimum atomic E-state index is -6.08. The standard InChI is InChI=1S/C10H16N5O13P3.ClH.Mg.2Na/c11-8-5-9(13-2-12-8)15(3-14-5)10-7(17)6(16)4(26-10)1-25-30(21,22)28-31(23,24)27-29(18,19)20;;;;/h2-4,6-7,10,16-17H,1H2,(H,21,22)(H,23,24)(H2,11,12,13)(H2,18,19,20);1H;;;/q;;+2;2*+1/p-4/t4-,6-,7-,10-;;;;/m1..../s1. The van der Waals surface area contributed by atoms with Gasteiger partial charge in [-0.15, -0.1) is 0 Å². The van der Waals surface area contributed by atoms with E-state index in [0.717, 1.165) is 6.33 Å². The van der Waals surface area contributed by atoms with Crippen molar-refractivity contribution in [2.75, 3.05) is 12.3 Å². The topological polar surface area (TPSA) is 288 Å². The zero-order chi connectivity index (χ0) is 23.2. The number of nitrogen functional groups attached to an aromatic ring is 1. The molecule has 1 aliphatic rings. The van der Waals surface area contributed by atoms with Crippen LogP contribution in [0.3, 0.4) is 0 Å². The van der Waals surface area contributed by atoms with Crippen LogP contribution in [0.1, 0.15) is 6.23 Å². The molecule has 0 amide bonds. The number of hydrogen-bond donors (Lipinski definition) is 4. The summed E-state index contributed by atoms with van der Waals surface area (Å²) >= 11 is 0. The maximum Gasteiger partial charge on any atom is 2.00 e. The van der Waals surface area contributed by atoms with Crippen molar-refractivity contribution in [3.8, 4) is 0 Å². The van der Waals surface area contributed by atoms with E-state index in [2.05, 4.69) is 28.1 Å². The van der Waals surface area contributed by atoms with Gasteiger partial charge in [0.25, 0.3) is 23.5 Å². The molecule has 35 heavy (non-hydrogen) atoms. The smallest absolute Gasteiger partial charge is 1.00 e. The average molecular weight is 610 g/mol. The Labute approximate surface area is 262 Å².